The molecule has 2 atom stereocenters. The zero-order valence-electron chi connectivity index (χ0n) is 12.9. The molecule has 2 heterocycles. The SMILES string of the molecule is CCOCC(=O)N[C@H]1C[C@H]2COc3ccccc3S(=O)(=O)N2C1. The number of benzene rings is 1. The third-order valence-electron chi connectivity index (χ3n) is 4.03. The number of carbonyl (C=O) groups excluding carboxylic acids is 1. The average molecular weight is 340 g/mol. The lowest BCUT2D eigenvalue weighted by atomic mass is 10.2. The van der Waals surface area contributed by atoms with E-state index in [9.17, 15) is 13.2 Å². The molecule has 2 aliphatic heterocycles. The summed E-state index contributed by atoms with van der Waals surface area (Å²) in [5.74, 6) is 0.159. The van der Waals surface area contributed by atoms with E-state index in [1.807, 2.05) is 6.92 Å². The number of nitrogens with zero attached hydrogens (tertiary/aromatic N) is 1. The number of hydrogen-bond acceptors (Lipinski definition) is 5. The van der Waals surface area contributed by atoms with E-state index in [2.05, 4.69) is 5.32 Å². The Kier molecular flexibility index (Phi) is 4.56. The van der Waals surface area contributed by atoms with Gasteiger partial charge in [-0.1, -0.05) is 12.1 Å². The van der Waals surface area contributed by atoms with Gasteiger partial charge in [-0.2, -0.15) is 4.31 Å². The molecule has 0 radical (unpaired) electrons. The molecule has 3 rings (SSSR count). The lowest BCUT2D eigenvalue weighted by Crippen LogP contribution is -2.40. The second-order valence-corrected chi connectivity index (χ2v) is 7.48. The second-order valence-electron chi connectivity index (χ2n) is 5.62. The molecule has 8 heteroatoms. The average Bonchev–Trinajstić information content (AvgIpc) is 2.90. The summed E-state index contributed by atoms with van der Waals surface area (Å²) in [5.41, 5.74) is 0. The highest BCUT2D eigenvalue weighted by molar-refractivity contribution is 7.89. The maximum absolute atomic E-state index is 12.8. The van der Waals surface area contributed by atoms with E-state index in [1.165, 1.54) is 4.31 Å². The van der Waals surface area contributed by atoms with Gasteiger partial charge in [0.2, 0.25) is 15.9 Å². The summed E-state index contributed by atoms with van der Waals surface area (Å²) in [7, 11) is -3.62. The highest BCUT2D eigenvalue weighted by Crippen LogP contribution is 2.34. The van der Waals surface area contributed by atoms with Gasteiger partial charge in [-0.05, 0) is 25.5 Å². The summed E-state index contributed by atoms with van der Waals surface area (Å²) < 4.78 is 37.8. The van der Waals surface area contributed by atoms with Crippen LogP contribution in [0.25, 0.3) is 0 Å². The Labute approximate surface area is 135 Å². The van der Waals surface area contributed by atoms with Crippen LogP contribution in [0.2, 0.25) is 0 Å². The molecule has 1 saturated heterocycles. The van der Waals surface area contributed by atoms with Crippen molar-refractivity contribution >= 4 is 15.9 Å². The Morgan fingerprint density at radius 3 is 3.00 bits per heavy atom. The summed E-state index contributed by atoms with van der Waals surface area (Å²) in [6.45, 7) is 2.81. The first kappa shape index (κ1) is 16.2. The molecule has 0 aromatic heterocycles. The molecule has 0 saturated carbocycles. The van der Waals surface area contributed by atoms with Crippen molar-refractivity contribution in [3.63, 3.8) is 0 Å². The first-order chi connectivity index (χ1) is 11.0. The quantitative estimate of drug-likeness (QED) is 0.856. The van der Waals surface area contributed by atoms with Crippen LogP contribution in [-0.4, -0.2) is 57.1 Å². The van der Waals surface area contributed by atoms with Crippen LogP contribution in [0.15, 0.2) is 29.2 Å². The van der Waals surface area contributed by atoms with Gasteiger partial charge in [-0.25, -0.2) is 8.42 Å². The van der Waals surface area contributed by atoms with Gasteiger partial charge in [-0.15, -0.1) is 0 Å². The summed E-state index contributed by atoms with van der Waals surface area (Å²) in [4.78, 5) is 11.9. The molecule has 1 N–H and O–H groups in total. The summed E-state index contributed by atoms with van der Waals surface area (Å²) in [5, 5.41) is 2.83. The zero-order chi connectivity index (χ0) is 16.4. The first-order valence-electron chi connectivity index (χ1n) is 7.63. The van der Waals surface area contributed by atoms with E-state index >= 15 is 0 Å². The Hall–Kier alpha value is -1.64. The number of carbonyl (C=O) groups is 1. The summed E-state index contributed by atoms with van der Waals surface area (Å²) in [6, 6.07) is 6.14. The maximum Gasteiger partial charge on any atom is 0.247 e. The van der Waals surface area contributed by atoms with Crippen molar-refractivity contribution in [2.24, 2.45) is 0 Å². The van der Waals surface area contributed by atoms with Crippen LogP contribution in [0.3, 0.4) is 0 Å². The second kappa shape index (κ2) is 6.46. The Bertz CT molecular complexity index is 691. The van der Waals surface area contributed by atoms with E-state index in [1.54, 1.807) is 24.3 Å². The van der Waals surface area contributed by atoms with Crippen LogP contribution in [-0.2, 0) is 19.6 Å². The summed E-state index contributed by atoms with van der Waals surface area (Å²) in [6.07, 6.45) is 0.533. The van der Waals surface area contributed by atoms with Crippen molar-refractivity contribution in [3.8, 4) is 5.75 Å². The van der Waals surface area contributed by atoms with Crippen molar-refractivity contribution in [2.45, 2.75) is 30.3 Å². The van der Waals surface area contributed by atoms with E-state index in [-0.39, 0.29) is 42.6 Å². The molecule has 1 fully saturated rings. The van der Waals surface area contributed by atoms with Gasteiger partial charge in [0, 0.05) is 19.2 Å². The van der Waals surface area contributed by atoms with Crippen LogP contribution < -0.4 is 10.1 Å². The largest absolute Gasteiger partial charge is 0.490 e. The van der Waals surface area contributed by atoms with Crippen LogP contribution in [0, 0.1) is 0 Å². The van der Waals surface area contributed by atoms with Crippen molar-refractivity contribution in [1.82, 2.24) is 9.62 Å². The van der Waals surface area contributed by atoms with Gasteiger partial charge >= 0.3 is 0 Å². The Balaban J connectivity index is 1.76. The molecule has 1 aromatic carbocycles. The minimum Gasteiger partial charge on any atom is -0.490 e. The third-order valence-corrected chi connectivity index (χ3v) is 5.99. The number of para-hydroxylation sites is 1. The molecule has 1 aromatic rings. The maximum atomic E-state index is 12.8. The number of amides is 1. The lowest BCUT2D eigenvalue weighted by Gasteiger charge is -2.19. The third kappa shape index (κ3) is 3.19. The minimum absolute atomic E-state index is 0.0102. The molecule has 0 aliphatic carbocycles. The van der Waals surface area contributed by atoms with Gasteiger partial charge in [0.25, 0.3) is 0 Å². The molecule has 1 amide bonds. The van der Waals surface area contributed by atoms with Crippen molar-refractivity contribution < 1.29 is 22.7 Å². The predicted molar refractivity (Wildman–Crippen MR) is 82.7 cm³/mol. The van der Waals surface area contributed by atoms with Crippen LogP contribution in [0.5, 0.6) is 5.75 Å². The normalized spacial score (nSPS) is 25.8. The molecule has 7 nitrogen and oxygen atoms in total. The molecule has 23 heavy (non-hydrogen) atoms. The van der Waals surface area contributed by atoms with Crippen LogP contribution in [0.1, 0.15) is 13.3 Å². The number of hydrogen-bond donors (Lipinski definition) is 1. The minimum atomic E-state index is -3.62. The van der Waals surface area contributed by atoms with Gasteiger partial charge in [0.1, 0.15) is 23.9 Å². The van der Waals surface area contributed by atoms with Crippen molar-refractivity contribution in [2.75, 3.05) is 26.4 Å². The van der Waals surface area contributed by atoms with Gasteiger partial charge < -0.3 is 14.8 Å². The molecule has 2 aliphatic rings. The molecule has 0 spiro atoms. The number of sulfonamides is 1. The Morgan fingerprint density at radius 1 is 1.43 bits per heavy atom. The fourth-order valence-corrected chi connectivity index (χ4v) is 4.80. The predicted octanol–water partition coefficient (Wildman–Crippen LogP) is 0.363. The standard InChI is InChI=1S/C15H20N2O5S/c1-2-21-10-15(18)16-11-7-12-9-22-13-5-3-4-6-14(13)23(19,20)17(12)8-11/h3-6,11-12H,2,7-10H2,1H3,(H,16,18)/t11-,12-/m0/s1. The number of ether oxygens (including phenoxy) is 2. The fraction of sp³-hybridized carbons (Fsp3) is 0.533. The van der Waals surface area contributed by atoms with Gasteiger partial charge in [-0.3, -0.25) is 4.79 Å². The highest BCUT2D eigenvalue weighted by Gasteiger charge is 2.44. The molecule has 126 valence electrons. The van der Waals surface area contributed by atoms with E-state index in [0.29, 0.717) is 18.8 Å². The van der Waals surface area contributed by atoms with Gasteiger partial charge in [0.05, 0.1) is 6.04 Å². The number of nitrogens with one attached hydrogen (secondary N) is 1. The van der Waals surface area contributed by atoms with Crippen LogP contribution in [0.4, 0.5) is 0 Å². The molecular formula is C15H20N2O5S. The number of fused-ring (bicyclic) bond motifs is 2. The van der Waals surface area contributed by atoms with Crippen LogP contribution >= 0.6 is 0 Å². The molecular weight excluding hydrogens is 320 g/mol. The van der Waals surface area contributed by atoms with Gasteiger partial charge in [0.15, 0.2) is 0 Å². The lowest BCUT2D eigenvalue weighted by molar-refractivity contribution is -0.126. The fourth-order valence-electron chi connectivity index (χ4n) is 3.00. The molecule has 0 bridgehead atoms. The number of rotatable bonds is 4. The monoisotopic (exact) mass is 340 g/mol. The van der Waals surface area contributed by atoms with E-state index in [4.69, 9.17) is 9.47 Å². The smallest absolute Gasteiger partial charge is 0.247 e. The van der Waals surface area contributed by atoms with Crippen molar-refractivity contribution in [3.05, 3.63) is 24.3 Å². The highest BCUT2D eigenvalue weighted by atomic mass is 32.2. The zero-order valence-corrected chi connectivity index (χ0v) is 13.7. The summed E-state index contributed by atoms with van der Waals surface area (Å²) >= 11 is 0. The topological polar surface area (TPSA) is 84.9 Å². The Morgan fingerprint density at radius 2 is 2.22 bits per heavy atom. The van der Waals surface area contributed by atoms with Crippen molar-refractivity contribution in [1.29, 1.82) is 0 Å². The van der Waals surface area contributed by atoms with E-state index in [0.717, 1.165) is 0 Å². The van der Waals surface area contributed by atoms with E-state index < -0.39 is 10.0 Å². The molecule has 0 unspecified atom stereocenters. The first-order valence-corrected chi connectivity index (χ1v) is 9.07.